The minimum absolute atomic E-state index is 0.0231. The van der Waals surface area contributed by atoms with E-state index in [0.717, 1.165) is 17.1 Å². The van der Waals surface area contributed by atoms with Gasteiger partial charge in [-0.3, -0.25) is 14.8 Å². The van der Waals surface area contributed by atoms with Crippen LogP contribution in [0.5, 0.6) is 0 Å². The van der Waals surface area contributed by atoms with Gasteiger partial charge in [-0.2, -0.15) is 5.10 Å². The summed E-state index contributed by atoms with van der Waals surface area (Å²) < 4.78 is 2.32. The SMILES string of the molecule is Cn1cc([N+](=O)[O-])c(-n2cc(C(=O)O)cn2)n1. The third-order valence-corrected chi connectivity index (χ3v) is 2.03. The Kier molecular flexibility index (Phi) is 2.35. The molecule has 2 aromatic rings. The fourth-order valence-corrected chi connectivity index (χ4v) is 1.31. The number of hydrogen-bond acceptors (Lipinski definition) is 5. The van der Waals surface area contributed by atoms with E-state index in [1.54, 1.807) is 0 Å². The highest BCUT2D eigenvalue weighted by molar-refractivity contribution is 5.87. The first-order chi connectivity index (χ1) is 7.99. The Morgan fingerprint density at radius 1 is 1.53 bits per heavy atom. The molecule has 0 spiro atoms. The Balaban J connectivity index is 2.52. The van der Waals surface area contributed by atoms with Crippen LogP contribution in [0.1, 0.15) is 10.4 Å². The van der Waals surface area contributed by atoms with E-state index in [-0.39, 0.29) is 17.1 Å². The predicted molar refractivity (Wildman–Crippen MR) is 53.9 cm³/mol. The van der Waals surface area contributed by atoms with Crippen molar-refractivity contribution < 1.29 is 14.8 Å². The largest absolute Gasteiger partial charge is 0.478 e. The summed E-state index contributed by atoms with van der Waals surface area (Å²) in [5.74, 6) is -1.18. The summed E-state index contributed by atoms with van der Waals surface area (Å²) in [6, 6.07) is 0. The lowest BCUT2D eigenvalue weighted by Gasteiger charge is -1.93. The van der Waals surface area contributed by atoms with Crippen LogP contribution in [0.25, 0.3) is 5.82 Å². The van der Waals surface area contributed by atoms with Gasteiger partial charge in [0.25, 0.3) is 5.82 Å². The van der Waals surface area contributed by atoms with Gasteiger partial charge in [0, 0.05) is 13.2 Å². The Morgan fingerprint density at radius 3 is 2.76 bits per heavy atom. The van der Waals surface area contributed by atoms with Gasteiger partial charge in [-0.1, -0.05) is 0 Å². The molecule has 0 saturated heterocycles. The topological polar surface area (TPSA) is 116 Å². The standard InChI is InChI=1S/C8H7N5O4/c1-11-4-6(13(16)17)7(10-11)12-3-5(2-9-12)8(14)15/h2-4H,1H3,(H,14,15). The number of hydrogen-bond donors (Lipinski definition) is 1. The minimum atomic E-state index is -1.16. The monoisotopic (exact) mass is 237 g/mol. The minimum Gasteiger partial charge on any atom is -0.478 e. The molecule has 0 aliphatic heterocycles. The van der Waals surface area contributed by atoms with Gasteiger partial charge in [0.15, 0.2) is 0 Å². The Hall–Kier alpha value is -2.71. The summed E-state index contributed by atoms with van der Waals surface area (Å²) in [5.41, 5.74) is -0.308. The van der Waals surface area contributed by atoms with Crippen LogP contribution in [0.15, 0.2) is 18.6 Å². The zero-order valence-corrected chi connectivity index (χ0v) is 8.64. The maximum atomic E-state index is 10.7. The van der Waals surface area contributed by atoms with E-state index in [0.29, 0.717) is 0 Å². The van der Waals surface area contributed by atoms with Crippen LogP contribution in [0.3, 0.4) is 0 Å². The lowest BCUT2D eigenvalue weighted by molar-refractivity contribution is -0.384. The quantitative estimate of drug-likeness (QED) is 0.602. The maximum absolute atomic E-state index is 10.7. The number of nitro groups is 1. The Bertz CT molecular complexity index is 599. The molecule has 1 N–H and O–H groups in total. The van der Waals surface area contributed by atoms with E-state index < -0.39 is 10.9 Å². The van der Waals surface area contributed by atoms with Crippen molar-refractivity contribution in [3.8, 4) is 5.82 Å². The third kappa shape index (κ3) is 1.85. The number of aromatic carboxylic acids is 1. The van der Waals surface area contributed by atoms with Crippen molar-refractivity contribution in [3.63, 3.8) is 0 Å². The molecule has 0 saturated carbocycles. The smallest absolute Gasteiger partial charge is 0.338 e. The van der Waals surface area contributed by atoms with Crippen molar-refractivity contribution in [1.29, 1.82) is 0 Å². The molecule has 2 rings (SSSR count). The summed E-state index contributed by atoms with van der Waals surface area (Å²) >= 11 is 0. The number of aromatic nitrogens is 4. The summed E-state index contributed by atoms with van der Waals surface area (Å²) in [4.78, 5) is 20.8. The molecule has 9 heteroatoms. The molecule has 0 aliphatic rings. The molecule has 9 nitrogen and oxygen atoms in total. The normalized spacial score (nSPS) is 10.4. The number of rotatable bonds is 3. The van der Waals surface area contributed by atoms with Gasteiger partial charge >= 0.3 is 11.7 Å². The van der Waals surface area contributed by atoms with E-state index in [1.807, 2.05) is 0 Å². The average Bonchev–Trinajstić information content (AvgIpc) is 2.82. The highest BCUT2D eigenvalue weighted by Gasteiger charge is 2.21. The van der Waals surface area contributed by atoms with Crippen LogP contribution in [0.2, 0.25) is 0 Å². The summed E-state index contributed by atoms with van der Waals surface area (Å²) in [6.07, 6.45) is 3.48. The number of carboxylic acid groups (broad SMARTS) is 1. The molecule has 2 heterocycles. The second-order valence-corrected chi connectivity index (χ2v) is 3.25. The molecule has 0 atom stereocenters. The lowest BCUT2D eigenvalue weighted by atomic mass is 10.4. The molecule has 17 heavy (non-hydrogen) atoms. The van der Waals surface area contributed by atoms with Crippen LogP contribution in [0.4, 0.5) is 5.69 Å². The predicted octanol–water partition coefficient (Wildman–Crippen LogP) is 0.212. The van der Waals surface area contributed by atoms with E-state index in [9.17, 15) is 14.9 Å². The van der Waals surface area contributed by atoms with Crippen LogP contribution in [-0.4, -0.2) is 35.6 Å². The Morgan fingerprint density at radius 2 is 2.24 bits per heavy atom. The molecular formula is C8H7N5O4. The summed E-state index contributed by atoms with van der Waals surface area (Å²) in [6.45, 7) is 0. The molecule has 0 aromatic carbocycles. The van der Waals surface area contributed by atoms with Crippen molar-refractivity contribution in [3.05, 3.63) is 34.3 Å². The van der Waals surface area contributed by atoms with Crippen LogP contribution < -0.4 is 0 Å². The highest BCUT2D eigenvalue weighted by Crippen LogP contribution is 2.20. The maximum Gasteiger partial charge on any atom is 0.338 e. The fraction of sp³-hybridized carbons (Fsp3) is 0.125. The van der Waals surface area contributed by atoms with E-state index in [2.05, 4.69) is 10.2 Å². The first-order valence-electron chi connectivity index (χ1n) is 4.45. The molecule has 0 radical (unpaired) electrons. The van der Waals surface area contributed by atoms with Crippen molar-refractivity contribution in [2.75, 3.05) is 0 Å². The fourth-order valence-electron chi connectivity index (χ4n) is 1.31. The number of carbonyl (C=O) groups is 1. The van der Waals surface area contributed by atoms with Gasteiger partial charge in [0.2, 0.25) is 0 Å². The van der Waals surface area contributed by atoms with Crippen LogP contribution in [0, 0.1) is 10.1 Å². The number of aryl methyl sites for hydroxylation is 1. The van der Waals surface area contributed by atoms with Crippen molar-refractivity contribution in [2.45, 2.75) is 0 Å². The van der Waals surface area contributed by atoms with Crippen molar-refractivity contribution >= 4 is 11.7 Å². The van der Waals surface area contributed by atoms with E-state index >= 15 is 0 Å². The van der Waals surface area contributed by atoms with Crippen molar-refractivity contribution in [2.24, 2.45) is 7.05 Å². The number of carboxylic acids is 1. The van der Waals surface area contributed by atoms with Gasteiger partial charge < -0.3 is 5.11 Å². The van der Waals surface area contributed by atoms with Crippen LogP contribution >= 0.6 is 0 Å². The summed E-state index contributed by atoms with van der Waals surface area (Å²) in [7, 11) is 1.53. The first-order valence-corrected chi connectivity index (χ1v) is 4.45. The van der Waals surface area contributed by atoms with Crippen molar-refractivity contribution in [1.82, 2.24) is 19.6 Å². The summed E-state index contributed by atoms with van der Waals surface area (Å²) in [5, 5.41) is 27.0. The number of nitrogens with zero attached hydrogens (tertiary/aromatic N) is 5. The molecule has 0 amide bonds. The molecule has 88 valence electrons. The van der Waals surface area contributed by atoms with Gasteiger partial charge in [0.05, 0.1) is 16.7 Å². The van der Waals surface area contributed by atoms with Gasteiger partial charge in [-0.25, -0.2) is 9.48 Å². The average molecular weight is 237 g/mol. The second-order valence-electron chi connectivity index (χ2n) is 3.25. The van der Waals surface area contributed by atoms with E-state index in [1.165, 1.54) is 17.9 Å². The molecule has 0 fully saturated rings. The Labute approximate surface area is 94.0 Å². The second kappa shape index (κ2) is 3.70. The van der Waals surface area contributed by atoms with Gasteiger partial charge in [-0.15, -0.1) is 5.10 Å². The highest BCUT2D eigenvalue weighted by atomic mass is 16.6. The molecule has 2 aromatic heterocycles. The van der Waals surface area contributed by atoms with Gasteiger partial charge in [-0.05, 0) is 0 Å². The third-order valence-electron chi connectivity index (χ3n) is 2.03. The zero-order chi connectivity index (χ0) is 12.6. The molecule has 0 bridgehead atoms. The van der Waals surface area contributed by atoms with Gasteiger partial charge in [0.1, 0.15) is 6.20 Å². The molecular weight excluding hydrogens is 230 g/mol. The first kappa shape index (κ1) is 10.8. The van der Waals surface area contributed by atoms with E-state index in [4.69, 9.17) is 5.11 Å². The zero-order valence-electron chi connectivity index (χ0n) is 8.64. The molecule has 0 aliphatic carbocycles. The molecule has 0 unspecified atom stereocenters. The van der Waals surface area contributed by atoms with Crippen LogP contribution in [-0.2, 0) is 7.05 Å². The lowest BCUT2D eigenvalue weighted by Crippen LogP contribution is -2.00.